The monoisotopic (exact) mass is 2010 g/mol. The van der Waals surface area contributed by atoms with Crippen molar-refractivity contribution < 1.29 is 96.3 Å². The molecule has 8 aliphatic rings. The molecule has 0 radical (unpaired) electrons. The summed E-state index contributed by atoms with van der Waals surface area (Å²) < 4.78 is 23.9. The number of aromatic nitrogens is 8. The SMILES string of the molecule is C.C.C.C.C.C.C.C.C.CC(C)C1CCC(C[N+]2=CCC(=BO)C=C2)C1.CC(C)C1CCC(C[N+]2=CCC(=BO)C=C2)CC1.CC(C)C1CCC(Cn2cc[n+](CC(=O)O)c2)C1.CC(C)C1CCC(Cn2cc[n+](CC(=O)O)c2)CC1.CC(C)CC[N+]1=CCC(=BO)C=C1.CC(C)CCn1cc[n+](CC(=O)O)c1.CC(C)c1ccc(C[N+]2=CCC(=BO)C=C2)cc1.CC(C)c1ccc(C[n+]2ccn(CC(=O)O)c2)cc1. The first kappa shape index (κ1) is 139. The molecule has 4 aliphatic carbocycles. The molecule has 0 bridgehead atoms. The molecule has 4 atom stereocenters. The average Bonchev–Trinajstić information content (AvgIpc) is 1.76. The summed E-state index contributed by atoms with van der Waals surface area (Å²) in [5, 5.41) is 70.2. The second-order valence-corrected chi connectivity index (χ2v) is 41.7. The maximum atomic E-state index is 10.6. The molecule has 2 aromatic carbocycles. The minimum absolute atomic E-state index is 0. The van der Waals surface area contributed by atoms with Crippen LogP contribution in [0.15, 0.2) is 173 Å². The molecular weight excluding hydrogens is 1810 g/mol. The standard InChI is InChI=1S/C15H25BNO.C15H19BNO.C15H24N2O2.C15H18N2O2.C14H23BNO.C14H22N2O2.C10H17BNO.C10H16N2O2.9CH4/c2*1-12(2)14-5-3-13(4-6-14)11-17-9-7-15(16-18)8-10-17;2*1-12(2)14-5-3-13(4-6-14)9-16-7-8-17(11-16)10-15(18)19;1-11(2)13-4-3-12(9-13)10-16-7-5-14(15-17)6-8-16;1-11(2)13-4-3-12(7-13)8-15-5-6-16(10-15)9-14(17)18;1-9(2)3-6-12-7-4-10(11-13)5-8-12;1-9(2)3-4-11-5-6-12(8-11)7-10(13)14;;;;;;;;;/h7,9-10,12-14,18H,3-6,8,11H2,1-2H3;3-7,9-10,12,18H,8,11H2,1-2H3;7-8,11-14H,3-6,9-10H2,1-2H3;3-8,11-12H,9-10H2,1-2H3;5,7-8,11-13,17H,3-4,6,9-10H2,1-2H3;5-6,10-13H,3-4,7-9H2,1-2H3;4,7-9,13H,3,5-6H2,1-2H3;5-6,8-9H,3-4,7H2,1-2H3;9*1H4/q2*+1;;;+1;;+1;;;;;;;;;;/p+4. The van der Waals surface area contributed by atoms with Crippen LogP contribution in [0.4, 0.5) is 0 Å². The quantitative estimate of drug-likeness (QED) is 0.0145. The minimum atomic E-state index is -0.830. The van der Waals surface area contributed by atoms with Crippen LogP contribution in [0.2, 0.25) is 0 Å². The zero-order valence-electron chi connectivity index (χ0n) is 85.2. The molecule has 0 saturated heterocycles. The van der Waals surface area contributed by atoms with Crippen molar-refractivity contribution in [3.8, 4) is 0 Å². The number of nitrogens with zero attached hydrogens (tertiary/aromatic N) is 12. The molecule has 28 heteroatoms. The Morgan fingerprint density at radius 3 is 1.00 bits per heavy atom. The van der Waals surface area contributed by atoms with Gasteiger partial charge in [0, 0.05) is 0 Å². The fraction of sp³-hybridized carbons (Fsp3) is 0.624. The molecular formula is C117H204B4N12O12+8. The molecule has 4 fully saturated rings. The maximum absolute atomic E-state index is 10.6. The van der Waals surface area contributed by atoms with Gasteiger partial charge in [-0.05, 0) is 110 Å². The van der Waals surface area contributed by atoms with Crippen molar-refractivity contribution in [2.75, 3.05) is 19.6 Å². The number of aliphatic carboxylic acids is 4. The molecule has 14 rings (SSSR count). The van der Waals surface area contributed by atoms with E-state index >= 15 is 0 Å². The predicted molar refractivity (Wildman–Crippen MR) is 611 cm³/mol. The first-order valence-corrected chi connectivity index (χ1v) is 50.7. The van der Waals surface area contributed by atoms with Gasteiger partial charge in [0.15, 0.2) is 26.2 Å². The van der Waals surface area contributed by atoms with Gasteiger partial charge in [0.2, 0.25) is 25.3 Å². The van der Waals surface area contributed by atoms with Gasteiger partial charge in [0.1, 0.15) is 56.1 Å². The van der Waals surface area contributed by atoms with E-state index in [4.69, 9.17) is 40.5 Å². The number of rotatable bonds is 32. The van der Waals surface area contributed by atoms with Crippen LogP contribution >= 0.6 is 0 Å². The molecule has 4 aliphatic heterocycles. The van der Waals surface area contributed by atoms with Gasteiger partial charge < -0.3 is 20.4 Å². The first-order valence-electron chi connectivity index (χ1n) is 50.7. The summed E-state index contributed by atoms with van der Waals surface area (Å²) in [4.78, 5) is 42.3. The molecule has 4 saturated carbocycles. The number of carboxylic acids is 4. The van der Waals surface area contributed by atoms with Gasteiger partial charge in [-0.3, -0.25) is 0 Å². The van der Waals surface area contributed by atoms with Gasteiger partial charge in [0.25, 0.3) is 0 Å². The van der Waals surface area contributed by atoms with E-state index in [2.05, 4.69) is 224 Å². The van der Waals surface area contributed by atoms with Gasteiger partial charge in [-0.15, -0.1) is 0 Å². The molecule has 8 heterocycles. The number of aryl methyl sites for hydroxylation is 1. The fourth-order valence-electron chi connectivity index (χ4n) is 18.6. The third-order valence-electron chi connectivity index (χ3n) is 27.6. The van der Waals surface area contributed by atoms with Crippen LogP contribution in [0.3, 0.4) is 0 Å². The fourth-order valence-corrected chi connectivity index (χ4v) is 18.6. The van der Waals surface area contributed by atoms with E-state index < -0.39 is 23.9 Å². The van der Waals surface area contributed by atoms with Crippen molar-refractivity contribution >= 4 is 99.1 Å². The van der Waals surface area contributed by atoms with Crippen LogP contribution in [0.5, 0.6) is 0 Å². The van der Waals surface area contributed by atoms with Gasteiger partial charge in [-0.2, -0.15) is 0 Å². The predicted octanol–water partition coefficient (Wildman–Crippen LogP) is 19.9. The van der Waals surface area contributed by atoms with Crippen LogP contribution in [-0.4, -0.2) is 196 Å². The van der Waals surface area contributed by atoms with E-state index in [1.807, 2.05) is 108 Å². The second-order valence-electron chi connectivity index (χ2n) is 41.7. The summed E-state index contributed by atoms with van der Waals surface area (Å²) in [6.45, 7) is 44.4. The van der Waals surface area contributed by atoms with E-state index in [0.717, 1.165) is 183 Å². The van der Waals surface area contributed by atoms with Crippen LogP contribution < -0.4 is 18.3 Å². The first-order chi connectivity index (χ1) is 65.0. The van der Waals surface area contributed by atoms with Gasteiger partial charge in [-0.1, -0.05) is 146 Å². The zero-order chi connectivity index (χ0) is 99.2. The number of carbonyl (C=O) groups is 4. The van der Waals surface area contributed by atoms with Crippen LogP contribution in [0.1, 0.15) is 340 Å². The van der Waals surface area contributed by atoms with Gasteiger partial charge in [0.05, 0.1) is 19.6 Å². The van der Waals surface area contributed by atoms with E-state index in [-0.39, 0.29) is 93.0 Å². The molecule has 8 N–H and O–H groups in total. The molecule has 24 nitrogen and oxygen atoms in total. The summed E-state index contributed by atoms with van der Waals surface area (Å²) in [7, 11) is 4.75. The summed E-state index contributed by atoms with van der Waals surface area (Å²) in [6, 6.07) is 17.3. The third-order valence-corrected chi connectivity index (χ3v) is 27.6. The summed E-state index contributed by atoms with van der Waals surface area (Å²) in [5.74, 6) is 9.46. The number of benzene rings is 2. The molecule has 4 aromatic heterocycles. The van der Waals surface area contributed by atoms with Crippen molar-refractivity contribution in [2.24, 2.45) is 82.9 Å². The Labute approximate surface area is 882 Å². The number of imidazole rings is 4. The van der Waals surface area contributed by atoms with Crippen molar-refractivity contribution in [1.82, 2.24) is 18.3 Å². The maximum Gasteiger partial charge on any atom is 0.346 e. The van der Waals surface area contributed by atoms with E-state index in [0.29, 0.717) is 17.8 Å². The molecule has 6 aromatic rings. The van der Waals surface area contributed by atoms with Crippen LogP contribution in [0.25, 0.3) is 0 Å². The Morgan fingerprint density at radius 2 is 0.648 bits per heavy atom. The smallest absolute Gasteiger partial charge is 0.346 e. The number of hydrogen-bond acceptors (Lipinski definition) is 8. The van der Waals surface area contributed by atoms with Crippen LogP contribution in [0, 0.1) is 82.9 Å². The second kappa shape index (κ2) is 74.6. The van der Waals surface area contributed by atoms with Crippen molar-refractivity contribution in [1.29, 1.82) is 0 Å². The number of hydrogen-bond donors (Lipinski definition) is 8. The Hall–Kier alpha value is -10.3. The molecule has 145 heavy (non-hydrogen) atoms. The van der Waals surface area contributed by atoms with Crippen LogP contribution in [-0.2, 0) is 78.1 Å². The third kappa shape index (κ3) is 54.8. The summed E-state index contributed by atoms with van der Waals surface area (Å²) in [6.07, 6.45) is 71.8. The molecule has 808 valence electrons. The normalized spacial score (nSPS) is 19.7. The Bertz CT molecular complexity index is 5000. The Morgan fingerprint density at radius 1 is 0.338 bits per heavy atom. The van der Waals surface area contributed by atoms with Crippen molar-refractivity contribution in [3.05, 3.63) is 195 Å². The van der Waals surface area contributed by atoms with E-state index in [9.17, 15) is 19.2 Å². The molecule has 0 amide bonds. The summed E-state index contributed by atoms with van der Waals surface area (Å²) in [5.41, 5.74) is 9.13. The largest absolute Gasteiger partial charge is 0.478 e. The number of carboxylic acid groups (broad SMARTS) is 4. The van der Waals surface area contributed by atoms with E-state index in [1.165, 1.54) is 147 Å². The number of allylic oxidation sites excluding steroid dienone is 4. The van der Waals surface area contributed by atoms with Crippen molar-refractivity contribution in [2.45, 2.75) is 377 Å². The van der Waals surface area contributed by atoms with Gasteiger partial charge in [-0.25, -0.2) is 55.7 Å². The Balaban J connectivity index is -0.00000158. The van der Waals surface area contributed by atoms with Crippen molar-refractivity contribution in [3.63, 3.8) is 0 Å². The molecule has 4 unspecified atom stereocenters. The molecule has 0 spiro atoms. The zero-order valence-corrected chi connectivity index (χ0v) is 85.2. The van der Waals surface area contributed by atoms with Gasteiger partial charge >= 0.3 is 428 Å². The minimum Gasteiger partial charge on any atom is -0.478 e. The topological polar surface area (TPSA) is 277 Å². The van der Waals surface area contributed by atoms with E-state index in [1.54, 1.807) is 30.7 Å². The Kier molecular flexibility index (Phi) is 71.4. The summed E-state index contributed by atoms with van der Waals surface area (Å²) >= 11 is 0. The average molecular weight is 2010 g/mol.